The normalized spacial score (nSPS) is 14.7. The first kappa shape index (κ1) is 28.6. The molecule has 1 saturated heterocycles. The van der Waals surface area contributed by atoms with Gasteiger partial charge in [0.1, 0.15) is 0 Å². The zero-order valence-electron chi connectivity index (χ0n) is 20.3. The van der Waals surface area contributed by atoms with Crippen molar-refractivity contribution >= 4 is 29.9 Å². The van der Waals surface area contributed by atoms with Crippen molar-refractivity contribution in [3.8, 4) is 17.2 Å². The molecule has 1 aromatic rings. The number of methoxy groups -OCH3 is 3. The van der Waals surface area contributed by atoms with E-state index in [0.717, 1.165) is 83.4 Å². The average Bonchev–Trinajstić information content (AvgIpc) is 2.80. The molecule has 184 valence electrons. The van der Waals surface area contributed by atoms with Crippen molar-refractivity contribution in [3.63, 3.8) is 0 Å². The highest BCUT2D eigenvalue weighted by Gasteiger charge is 2.21. The lowest BCUT2D eigenvalue weighted by Gasteiger charge is -2.36. The lowest BCUT2D eigenvalue weighted by Crippen LogP contribution is -2.52. The molecular weight excluding hydrogens is 523 g/mol. The van der Waals surface area contributed by atoms with Gasteiger partial charge in [0.05, 0.1) is 21.3 Å². The standard InChI is InChI=1S/C23H40N4O4.HI/c1-6-24-23(25-10-8-9-15-31-7-2)27-13-11-26(12-14-27)18-19-16-20(28-3)22(30-5)21(17-19)29-4;/h16-17H,6-15,18H2,1-5H3,(H,24,25);1H. The van der Waals surface area contributed by atoms with Crippen LogP contribution in [0.1, 0.15) is 32.3 Å². The zero-order valence-corrected chi connectivity index (χ0v) is 22.6. The van der Waals surface area contributed by atoms with Crippen LogP contribution in [-0.2, 0) is 11.3 Å². The molecule has 0 atom stereocenters. The van der Waals surface area contributed by atoms with Gasteiger partial charge in [0.2, 0.25) is 5.75 Å². The molecule has 1 aliphatic rings. The predicted molar refractivity (Wildman–Crippen MR) is 140 cm³/mol. The minimum absolute atomic E-state index is 0. The quantitative estimate of drug-likeness (QED) is 0.181. The van der Waals surface area contributed by atoms with E-state index in [9.17, 15) is 0 Å². The van der Waals surface area contributed by atoms with Crippen molar-refractivity contribution < 1.29 is 18.9 Å². The summed E-state index contributed by atoms with van der Waals surface area (Å²) in [5.41, 5.74) is 1.15. The van der Waals surface area contributed by atoms with Crippen LogP contribution in [0, 0.1) is 0 Å². The fourth-order valence-electron chi connectivity index (χ4n) is 3.67. The molecule has 2 rings (SSSR count). The number of benzene rings is 1. The Morgan fingerprint density at radius 1 is 0.969 bits per heavy atom. The maximum atomic E-state index is 5.49. The van der Waals surface area contributed by atoms with Gasteiger partial charge in [-0.25, -0.2) is 0 Å². The number of unbranched alkanes of at least 4 members (excludes halogenated alkanes) is 1. The summed E-state index contributed by atoms with van der Waals surface area (Å²) in [5, 5.41) is 3.44. The molecule has 0 spiro atoms. The highest BCUT2D eigenvalue weighted by Crippen LogP contribution is 2.38. The molecule has 1 aromatic carbocycles. The fraction of sp³-hybridized carbons (Fsp3) is 0.696. The Balaban J connectivity index is 0.00000512. The predicted octanol–water partition coefficient (Wildman–Crippen LogP) is 3.23. The van der Waals surface area contributed by atoms with Crippen LogP contribution in [0.5, 0.6) is 17.2 Å². The monoisotopic (exact) mass is 564 g/mol. The molecule has 0 aliphatic carbocycles. The van der Waals surface area contributed by atoms with Crippen LogP contribution < -0.4 is 19.5 Å². The molecule has 0 radical (unpaired) electrons. The van der Waals surface area contributed by atoms with E-state index in [1.54, 1.807) is 21.3 Å². The van der Waals surface area contributed by atoms with Gasteiger partial charge >= 0.3 is 0 Å². The van der Waals surface area contributed by atoms with Crippen LogP contribution in [0.15, 0.2) is 17.1 Å². The molecule has 0 bridgehead atoms. The number of hydrogen-bond acceptors (Lipinski definition) is 6. The third-order valence-electron chi connectivity index (χ3n) is 5.30. The van der Waals surface area contributed by atoms with E-state index in [4.69, 9.17) is 23.9 Å². The van der Waals surface area contributed by atoms with Gasteiger partial charge in [0.25, 0.3) is 0 Å². The summed E-state index contributed by atoms with van der Waals surface area (Å²) in [5.74, 6) is 3.04. The minimum Gasteiger partial charge on any atom is -0.493 e. The van der Waals surface area contributed by atoms with Gasteiger partial charge in [-0.3, -0.25) is 9.89 Å². The summed E-state index contributed by atoms with van der Waals surface area (Å²) in [6, 6.07) is 4.06. The molecular formula is C23H41IN4O4. The number of hydrogen-bond donors (Lipinski definition) is 1. The van der Waals surface area contributed by atoms with Crippen molar-refractivity contribution in [2.45, 2.75) is 33.2 Å². The Morgan fingerprint density at radius 2 is 1.62 bits per heavy atom. The topological polar surface area (TPSA) is 67.8 Å². The van der Waals surface area contributed by atoms with Gasteiger partial charge in [-0.1, -0.05) is 0 Å². The van der Waals surface area contributed by atoms with E-state index in [2.05, 4.69) is 22.0 Å². The van der Waals surface area contributed by atoms with Gasteiger partial charge in [-0.15, -0.1) is 24.0 Å². The van der Waals surface area contributed by atoms with E-state index in [1.807, 2.05) is 19.1 Å². The summed E-state index contributed by atoms with van der Waals surface area (Å²) >= 11 is 0. The van der Waals surface area contributed by atoms with E-state index in [-0.39, 0.29) is 24.0 Å². The van der Waals surface area contributed by atoms with E-state index in [0.29, 0.717) is 17.2 Å². The third kappa shape index (κ3) is 8.82. The number of nitrogens with zero attached hydrogens (tertiary/aromatic N) is 3. The third-order valence-corrected chi connectivity index (χ3v) is 5.30. The summed E-state index contributed by atoms with van der Waals surface area (Å²) in [6.07, 6.45) is 2.11. The smallest absolute Gasteiger partial charge is 0.203 e. The number of halogens is 1. The number of piperazine rings is 1. The summed E-state index contributed by atoms with van der Waals surface area (Å²) in [6.45, 7) is 12.2. The van der Waals surface area contributed by atoms with Gasteiger partial charge in [-0.2, -0.15) is 0 Å². The minimum atomic E-state index is 0. The number of guanidine groups is 1. The Morgan fingerprint density at radius 3 is 2.16 bits per heavy atom. The number of rotatable bonds is 12. The molecule has 0 amide bonds. The molecule has 0 unspecified atom stereocenters. The lowest BCUT2D eigenvalue weighted by molar-refractivity contribution is 0.144. The van der Waals surface area contributed by atoms with E-state index in [1.165, 1.54) is 0 Å². The summed E-state index contributed by atoms with van der Waals surface area (Å²) < 4.78 is 21.8. The number of ether oxygens (including phenoxy) is 4. The number of nitrogens with one attached hydrogen (secondary N) is 1. The Hall–Kier alpha value is -1.46. The van der Waals surface area contributed by atoms with Crippen LogP contribution in [0.4, 0.5) is 0 Å². The van der Waals surface area contributed by atoms with Crippen LogP contribution >= 0.6 is 24.0 Å². The van der Waals surface area contributed by atoms with Crippen LogP contribution in [0.3, 0.4) is 0 Å². The van der Waals surface area contributed by atoms with Crippen LogP contribution in [-0.4, -0.2) is 89.6 Å². The largest absolute Gasteiger partial charge is 0.493 e. The Bertz CT molecular complexity index is 657. The van der Waals surface area contributed by atoms with Crippen LogP contribution in [0.2, 0.25) is 0 Å². The van der Waals surface area contributed by atoms with Crippen molar-refractivity contribution in [2.24, 2.45) is 4.99 Å². The first-order chi connectivity index (χ1) is 15.2. The maximum Gasteiger partial charge on any atom is 0.203 e. The Kier molecular flexibility index (Phi) is 14.5. The second kappa shape index (κ2) is 16.2. The average molecular weight is 565 g/mol. The van der Waals surface area contributed by atoms with E-state index < -0.39 is 0 Å². The fourth-order valence-corrected chi connectivity index (χ4v) is 3.67. The van der Waals surface area contributed by atoms with Gasteiger partial charge in [0.15, 0.2) is 17.5 Å². The second-order valence-corrected chi connectivity index (χ2v) is 7.44. The van der Waals surface area contributed by atoms with Crippen molar-refractivity contribution in [2.75, 3.05) is 73.8 Å². The second-order valence-electron chi connectivity index (χ2n) is 7.44. The first-order valence-electron chi connectivity index (χ1n) is 11.3. The van der Waals surface area contributed by atoms with Gasteiger partial charge < -0.3 is 29.2 Å². The van der Waals surface area contributed by atoms with Gasteiger partial charge in [-0.05, 0) is 44.4 Å². The van der Waals surface area contributed by atoms with Crippen LogP contribution in [0.25, 0.3) is 0 Å². The molecule has 1 aliphatic heterocycles. The number of aliphatic imine (C=N–C) groups is 1. The molecule has 1 N–H and O–H groups in total. The molecule has 1 fully saturated rings. The summed E-state index contributed by atoms with van der Waals surface area (Å²) in [7, 11) is 4.93. The summed E-state index contributed by atoms with van der Waals surface area (Å²) in [4.78, 5) is 9.62. The highest BCUT2D eigenvalue weighted by molar-refractivity contribution is 14.0. The zero-order chi connectivity index (χ0) is 22.5. The Labute approximate surface area is 210 Å². The lowest BCUT2D eigenvalue weighted by atomic mass is 10.1. The van der Waals surface area contributed by atoms with E-state index >= 15 is 0 Å². The molecule has 1 heterocycles. The SMILES string of the molecule is CCNC(=NCCCCOCC)N1CCN(Cc2cc(OC)c(OC)c(OC)c2)CC1.I. The van der Waals surface area contributed by atoms with Crippen molar-refractivity contribution in [1.82, 2.24) is 15.1 Å². The maximum absolute atomic E-state index is 5.49. The molecule has 8 nitrogen and oxygen atoms in total. The first-order valence-corrected chi connectivity index (χ1v) is 11.3. The van der Waals surface area contributed by atoms with Crippen molar-refractivity contribution in [1.29, 1.82) is 0 Å². The molecule has 0 saturated carbocycles. The molecule has 32 heavy (non-hydrogen) atoms. The highest BCUT2D eigenvalue weighted by atomic mass is 127. The molecule has 9 heteroatoms. The van der Waals surface area contributed by atoms with Gasteiger partial charge in [0, 0.05) is 59.0 Å². The molecule has 0 aromatic heterocycles. The van der Waals surface area contributed by atoms with Crippen molar-refractivity contribution in [3.05, 3.63) is 17.7 Å².